The zero-order valence-corrected chi connectivity index (χ0v) is 12.1. The smallest absolute Gasteiger partial charge is 0.240 e. The minimum absolute atomic E-state index is 0.148. The van der Waals surface area contributed by atoms with Crippen LogP contribution in [0, 0.1) is 13.8 Å². The van der Waals surface area contributed by atoms with Gasteiger partial charge in [-0.3, -0.25) is 9.89 Å². The van der Waals surface area contributed by atoms with Crippen LogP contribution in [-0.4, -0.2) is 27.4 Å². The van der Waals surface area contributed by atoms with Crippen molar-refractivity contribution in [1.82, 2.24) is 15.6 Å². The Kier molecular flexibility index (Phi) is 4.71. The molecule has 0 saturated heterocycles. The second-order valence-corrected chi connectivity index (χ2v) is 4.80. The van der Waals surface area contributed by atoms with E-state index in [4.69, 9.17) is 5.11 Å². The van der Waals surface area contributed by atoms with Crippen molar-refractivity contribution in [3.63, 3.8) is 0 Å². The van der Waals surface area contributed by atoms with Gasteiger partial charge in [-0.2, -0.15) is 10.2 Å². The number of aromatic amines is 1. The average molecular weight is 286 g/mol. The Bertz CT molecular complexity index is 625. The van der Waals surface area contributed by atoms with Gasteiger partial charge in [0.1, 0.15) is 5.75 Å². The third kappa shape index (κ3) is 4.17. The van der Waals surface area contributed by atoms with Crippen LogP contribution in [0.3, 0.4) is 0 Å². The number of nitrogens with zero attached hydrogens (tertiary/aromatic N) is 2. The first kappa shape index (κ1) is 14.8. The molecule has 21 heavy (non-hydrogen) atoms. The quantitative estimate of drug-likeness (QED) is 0.578. The van der Waals surface area contributed by atoms with Gasteiger partial charge in [-0.15, -0.1) is 0 Å². The van der Waals surface area contributed by atoms with Gasteiger partial charge in [-0.25, -0.2) is 5.43 Å². The van der Waals surface area contributed by atoms with Crippen molar-refractivity contribution >= 4 is 12.1 Å². The van der Waals surface area contributed by atoms with Crippen molar-refractivity contribution < 1.29 is 9.90 Å². The summed E-state index contributed by atoms with van der Waals surface area (Å²) in [7, 11) is 0. The van der Waals surface area contributed by atoms with Gasteiger partial charge in [-0.1, -0.05) is 0 Å². The number of rotatable bonds is 5. The lowest BCUT2D eigenvalue weighted by Crippen LogP contribution is -2.18. The maximum atomic E-state index is 11.7. The predicted octanol–water partition coefficient (Wildman–Crippen LogP) is 1.82. The molecule has 0 fully saturated rings. The Balaban J connectivity index is 1.81. The molecule has 0 aliphatic carbocycles. The summed E-state index contributed by atoms with van der Waals surface area (Å²) in [5.74, 6) is 0.0482. The highest BCUT2D eigenvalue weighted by Crippen LogP contribution is 2.11. The lowest BCUT2D eigenvalue weighted by atomic mass is 10.1. The molecule has 1 aromatic carbocycles. The molecule has 2 rings (SSSR count). The van der Waals surface area contributed by atoms with Crippen LogP contribution in [0.5, 0.6) is 5.75 Å². The van der Waals surface area contributed by atoms with E-state index < -0.39 is 0 Å². The Labute approximate surface area is 122 Å². The van der Waals surface area contributed by atoms with Crippen molar-refractivity contribution in [2.45, 2.75) is 26.7 Å². The maximum absolute atomic E-state index is 11.7. The lowest BCUT2D eigenvalue weighted by molar-refractivity contribution is -0.121. The summed E-state index contributed by atoms with van der Waals surface area (Å²) in [6, 6.07) is 6.55. The van der Waals surface area contributed by atoms with E-state index in [2.05, 4.69) is 20.7 Å². The molecule has 0 aliphatic rings. The third-order valence-electron chi connectivity index (χ3n) is 3.18. The van der Waals surface area contributed by atoms with Crippen LogP contribution in [0.1, 0.15) is 28.9 Å². The van der Waals surface area contributed by atoms with Gasteiger partial charge in [0.15, 0.2) is 0 Å². The minimum atomic E-state index is -0.148. The second-order valence-electron chi connectivity index (χ2n) is 4.80. The SMILES string of the molecule is Cc1n[nH]c(C)c1CCC(=O)N/N=C\c1ccc(O)cc1. The normalized spacial score (nSPS) is 11.0. The molecule has 0 aliphatic heterocycles. The van der Waals surface area contributed by atoms with Crippen LogP contribution in [0.2, 0.25) is 0 Å². The highest BCUT2D eigenvalue weighted by Gasteiger charge is 2.08. The Morgan fingerprint density at radius 2 is 2.10 bits per heavy atom. The number of H-pyrrole nitrogens is 1. The number of carbonyl (C=O) groups is 1. The number of amides is 1. The highest BCUT2D eigenvalue weighted by molar-refractivity contribution is 5.82. The van der Waals surface area contributed by atoms with Crippen LogP contribution in [0.25, 0.3) is 0 Å². The first-order valence-electron chi connectivity index (χ1n) is 6.67. The lowest BCUT2D eigenvalue weighted by Gasteiger charge is -2.01. The first-order valence-corrected chi connectivity index (χ1v) is 6.67. The van der Waals surface area contributed by atoms with Gasteiger partial charge < -0.3 is 5.11 Å². The van der Waals surface area contributed by atoms with Gasteiger partial charge in [0.2, 0.25) is 5.91 Å². The Morgan fingerprint density at radius 1 is 1.38 bits per heavy atom. The molecule has 110 valence electrons. The van der Waals surface area contributed by atoms with E-state index in [9.17, 15) is 4.79 Å². The monoisotopic (exact) mass is 286 g/mol. The maximum Gasteiger partial charge on any atom is 0.240 e. The number of aromatic hydroxyl groups is 1. The highest BCUT2D eigenvalue weighted by atomic mass is 16.3. The predicted molar refractivity (Wildman–Crippen MR) is 80.2 cm³/mol. The summed E-state index contributed by atoms with van der Waals surface area (Å²) >= 11 is 0. The van der Waals surface area contributed by atoms with Crippen molar-refractivity contribution in [2.24, 2.45) is 5.10 Å². The Morgan fingerprint density at radius 3 is 2.71 bits per heavy atom. The van der Waals surface area contributed by atoms with Crippen LogP contribution >= 0.6 is 0 Å². The molecule has 0 unspecified atom stereocenters. The van der Waals surface area contributed by atoms with Crippen LogP contribution in [-0.2, 0) is 11.2 Å². The van der Waals surface area contributed by atoms with Gasteiger partial charge in [0.05, 0.1) is 11.9 Å². The number of hydrogen-bond donors (Lipinski definition) is 3. The summed E-state index contributed by atoms with van der Waals surface area (Å²) < 4.78 is 0. The van der Waals surface area contributed by atoms with Gasteiger partial charge >= 0.3 is 0 Å². The summed E-state index contributed by atoms with van der Waals surface area (Å²) in [6.07, 6.45) is 2.52. The fourth-order valence-electron chi connectivity index (χ4n) is 1.98. The molecule has 3 N–H and O–H groups in total. The van der Waals surface area contributed by atoms with Crippen molar-refractivity contribution in [2.75, 3.05) is 0 Å². The largest absolute Gasteiger partial charge is 0.508 e. The van der Waals surface area contributed by atoms with E-state index in [0.717, 1.165) is 22.5 Å². The molecule has 0 atom stereocenters. The van der Waals surface area contributed by atoms with E-state index in [1.807, 2.05) is 13.8 Å². The summed E-state index contributed by atoms with van der Waals surface area (Å²) in [5.41, 5.74) is 6.28. The van der Waals surface area contributed by atoms with Gasteiger partial charge in [0, 0.05) is 12.1 Å². The molecule has 0 saturated carbocycles. The second kappa shape index (κ2) is 6.69. The zero-order valence-electron chi connectivity index (χ0n) is 12.1. The summed E-state index contributed by atoms with van der Waals surface area (Å²) in [4.78, 5) is 11.7. The van der Waals surface area contributed by atoms with E-state index in [0.29, 0.717) is 12.8 Å². The number of carbonyl (C=O) groups excluding carboxylic acids is 1. The van der Waals surface area contributed by atoms with Crippen LogP contribution < -0.4 is 5.43 Å². The number of aromatic nitrogens is 2. The molecule has 0 spiro atoms. The van der Waals surface area contributed by atoms with E-state index >= 15 is 0 Å². The fourth-order valence-corrected chi connectivity index (χ4v) is 1.98. The number of nitrogens with one attached hydrogen (secondary N) is 2. The van der Waals surface area contributed by atoms with Crippen LogP contribution in [0.15, 0.2) is 29.4 Å². The minimum Gasteiger partial charge on any atom is -0.508 e. The molecule has 1 heterocycles. The van der Waals surface area contributed by atoms with Crippen molar-refractivity contribution in [1.29, 1.82) is 0 Å². The molecular formula is C15H18N4O2. The van der Waals surface area contributed by atoms with Crippen LogP contribution in [0.4, 0.5) is 0 Å². The molecule has 2 aromatic rings. The molecule has 6 nitrogen and oxygen atoms in total. The number of hydrogen-bond acceptors (Lipinski definition) is 4. The molecular weight excluding hydrogens is 268 g/mol. The third-order valence-corrected chi connectivity index (χ3v) is 3.18. The zero-order chi connectivity index (χ0) is 15.2. The van der Waals surface area contributed by atoms with Crippen molar-refractivity contribution in [3.8, 4) is 5.75 Å². The molecule has 0 radical (unpaired) electrons. The van der Waals surface area contributed by atoms with Crippen molar-refractivity contribution in [3.05, 3.63) is 46.8 Å². The summed E-state index contributed by atoms with van der Waals surface area (Å²) in [5, 5.41) is 20.0. The van der Waals surface area contributed by atoms with E-state index in [1.165, 1.54) is 6.21 Å². The molecule has 0 bridgehead atoms. The molecule has 6 heteroatoms. The standard InChI is InChI=1S/C15H18N4O2/c1-10-14(11(2)18-17-10)7-8-15(21)19-16-9-12-3-5-13(20)6-4-12/h3-6,9,20H,7-8H2,1-2H3,(H,17,18)(H,19,21)/b16-9-. The number of phenols is 1. The average Bonchev–Trinajstić information content (AvgIpc) is 2.78. The van der Waals surface area contributed by atoms with E-state index in [-0.39, 0.29) is 11.7 Å². The van der Waals surface area contributed by atoms with E-state index in [1.54, 1.807) is 24.3 Å². The number of hydrazone groups is 1. The number of benzene rings is 1. The number of phenolic OH excluding ortho intramolecular Hbond substituents is 1. The molecule has 1 aromatic heterocycles. The van der Waals surface area contributed by atoms with Gasteiger partial charge in [-0.05, 0) is 55.7 Å². The van der Waals surface area contributed by atoms with Gasteiger partial charge in [0.25, 0.3) is 0 Å². The summed E-state index contributed by atoms with van der Waals surface area (Å²) in [6.45, 7) is 3.86. The fraction of sp³-hybridized carbons (Fsp3) is 0.267. The topological polar surface area (TPSA) is 90.4 Å². The molecule has 1 amide bonds. The first-order chi connectivity index (χ1) is 10.1. The Hall–Kier alpha value is -2.63. The number of aryl methyl sites for hydroxylation is 2.